The van der Waals surface area contributed by atoms with E-state index in [1.807, 2.05) is 0 Å². The number of alkyl halides is 3. The van der Waals surface area contributed by atoms with Crippen LogP contribution in [-0.4, -0.2) is 44.9 Å². The molecular weight excluding hydrogens is 469 g/mol. The number of halogens is 4. The van der Waals surface area contributed by atoms with E-state index in [2.05, 4.69) is 5.32 Å². The second-order valence-electron chi connectivity index (χ2n) is 7.30. The van der Waals surface area contributed by atoms with Crippen molar-refractivity contribution in [3.05, 3.63) is 59.1 Å². The predicted octanol–water partition coefficient (Wildman–Crippen LogP) is 3.95. The molecule has 2 aromatic carbocycles. The highest BCUT2D eigenvalue weighted by Gasteiger charge is 2.35. The molecule has 0 saturated carbocycles. The van der Waals surface area contributed by atoms with Gasteiger partial charge in [0.2, 0.25) is 15.9 Å². The van der Waals surface area contributed by atoms with Gasteiger partial charge in [0.05, 0.1) is 17.0 Å². The van der Waals surface area contributed by atoms with E-state index in [0.29, 0.717) is 16.8 Å². The van der Waals surface area contributed by atoms with Crippen LogP contribution >= 0.6 is 11.6 Å². The van der Waals surface area contributed by atoms with Crippen molar-refractivity contribution in [3.8, 4) is 5.75 Å². The van der Waals surface area contributed by atoms with Crippen LogP contribution in [-0.2, 0) is 21.0 Å². The van der Waals surface area contributed by atoms with Gasteiger partial charge in [0.1, 0.15) is 12.4 Å². The second kappa shape index (κ2) is 10.1. The van der Waals surface area contributed by atoms with Gasteiger partial charge in [-0.15, -0.1) is 0 Å². The fourth-order valence-electron chi connectivity index (χ4n) is 3.36. The van der Waals surface area contributed by atoms with Crippen LogP contribution in [0.3, 0.4) is 0 Å². The SMILES string of the molecule is O=C(NCCOc1ccc(Cl)cc1)C1CCN(S(=O)(=O)c2cccc(C(F)(F)F)c2)CC1. The third kappa shape index (κ3) is 6.14. The van der Waals surface area contributed by atoms with Crippen molar-refractivity contribution in [2.75, 3.05) is 26.2 Å². The molecule has 0 spiro atoms. The fraction of sp³-hybridized carbons (Fsp3) is 0.381. The lowest BCUT2D eigenvalue weighted by Crippen LogP contribution is -2.43. The Hall–Kier alpha value is -2.30. The van der Waals surface area contributed by atoms with Gasteiger partial charge < -0.3 is 10.1 Å². The van der Waals surface area contributed by atoms with Gasteiger partial charge in [0.25, 0.3) is 0 Å². The Morgan fingerprint density at radius 3 is 2.41 bits per heavy atom. The van der Waals surface area contributed by atoms with E-state index in [0.717, 1.165) is 22.5 Å². The molecule has 6 nitrogen and oxygen atoms in total. The summed E-state index contributed by atoms with van der Waals surface area (Å²) < 4.78 is 70.8. The number of hydrogen-bond donors (Lipinski definition) is 1. The molecule has 174 valence electrons. The van der Waals surface area contributed by atoms with Crippen LogP contribution in [0.2, 0.25) is 5.02 Å². The summed E-state index contributed by atoms with van der Waals surface area (Å²) in [6, 6.07) is 10.5. The molecule has 0 aliphatic carbocycles. The number of amides is 1. The van der Waals surface area contributed by atoms with Crippen LogP contribution in [0.5, 0.6) is 5.75 Å². The minimum Gasteiger partial charge on any atom is -0.492 e. The van der Waals surface area contributed by atoms with E-state index >= 15 is 0 Å². The molecule has 0 aromatic heterocycles. The average Bonchev–Trinajstić information content (AvgIpc) is 2.77. The summed E-state index contributed by atoms with van der Waals surface area (Å²) in [6.45, 7) is 0.649. The number of benzene rings is 2. The molecule has 0 radical (unpaired) electrons. The maximum atomic E-state index is 12.9. The van der Waals surface area contributed by atoms with Crippen LogP contribution in [0.1, 0.15) is 18.4 Å². The zero-order valence-corrected chi connectivity index (χ0v) is 18.5. The van der Waals surface area contributed by atoms with Gasteiger partial charge in [0, 0.05) is 24.0 Å². The Morgan fingerprint density at radius 2 is 1.78 bits per heavy atom. The first-order chi connectivity index (χ1) is 15.1. The molecule has 1 N–H and O–H groups in total. The Kier molecular flexibility index (Phi) is 7.68. The maximum absolute atomic E-state index is 12.9. The van der Waals surface area contributed by atoms with Gasteiger partial charge in [-0.25, -0.2) is 8.42 Å². The molecular formula is C21H22ClF3N2O4S. The molecule has 0 unspecified atom stereocenters. The molecule has 11 heteroatoms. The van der Waals surface area contributed by atoms with Crippen molar-refractivity contribution in [2.45, 2.75) is 23.9 Å². The minimum atomic E-state index is -4.63. The number of ether oxygens (including phenoxy) is 1. The van der Waals surface area contributed by atoms with Crippen LogP contribution in [0, 0.1) is 5.92 Å². The van der Waals surface area contributed by atoms with E-state index in [4.69, 9.17) is 16.3 Å². The highest BCUT2D eigenvalue weighted by Crippen LogP contribution is 2.32. The number of hydrogen-bond acceptors (Lipinski definition) is 4. The van der Waals surface area contributed by atoms with Crippen molar-refractivity contribution in [1.82, 2.24) is 9.62 Å². The lowest BCUT2D eigenvalue weighted by atomic mass is 9.97. The summed E-state index contributed by atoms with van der Waals surface area (Å²) in [4.78, 5) is 12.0. The van der Waals surface area contributed by atoms with Gasteiger partial charge in [-0.2, -0.15) is 17.5 Å². The van der Waals surface area contributed by atoms with E-state index < -0.39 is 26.7 Å². The van der Waals surface area contributed by atoms with Gasteiger partial charge >= 0.3 is 6.18 Å². The van der Waals surface area contributed by atoms with Gasteiger partial charge in [-0.1, -0.05) is 17.7 Å². The molecule has 0 bridgehead atoms. The number of rotatable bonds is 7. The van der Waals surface area contributed by atoms with Crippen LogP contribution in [0.4, 0.5) is 13.2 Å². The molecule has 1 aliphatic rings. The Labute approximate surface area is 189 Å². The predicted molar refractivity (Wildman–Crippen MR) is 113 cm³/mol. The lowest BCUT2D eigenvalue weighted by molar-refractivity contribution is -0.137. The zero-order chi connectivity index (χ0) is 23.4. The normalized spacial score (nSPS) is 16.0. The first kappa shape index (κ1) is 24.3. The van der Waals surface area contributed by atoms with Crippen LogP contribution in [0.15, 0.2) is 53.4 Å². The molecule has 0 atom stereocenters. The molecule has 1 fully saturated rings. The monoisotopic (exact) mass is 490 g/mol. The summed E-state index contributed by atoms with van der Waals surface area (Å²) >= 11 is 5.80. The number of carbonyl (C=O) groups excluding carboxylic acids is 1. The standard InChI is InChI=1S/C21H22ClF3N2O4S/c22-17-4-6-18(7-5-17)31-13-10-26-20(28)15-8-11-27(12-9-15)32(29,30)19-3-1-2-16(14-19)21(23,24)25/h1-7,14-15H,8-13H2,(H,26,28). The van der Waals surface area contributed by atoms with E-state index in [9.17, 15) is 26.4 Å². The van der Waals surface area contributed by atoms with Crippen LogP contribution in [0.25, 0.3) is 0 Å². The largest absolute Gasteiger partial charge is 0.492 e. The average molecular weight is 491 g/mol. The number of nitrogens with one attached hydrogen (secondary N) is 1. The second-order valence-corrected chi connectivity index (χ2v) is 9.67. The molecule has 1 amide bonds. The highest BCUT2D eigenvalue weighted by atomic mass is 35.5. The molecule has 1 heterocycles. The smallest absolute Gasteiger partial charge is 0.416 e. The van der Waals surface area contributed by atoms with Gasteiger partial charge in [-0.3, -0.25) is 4.79 Å². The third-order valence-corrected chi connectivity index (χ3v) is 7.25. The third-order valence-electron chi connectivity index (χ3n) is 5.11. The first-order valence-electron chi connectivity index (χ1n) is 9.91. The molecule has 2 aromatic rings. The Balaban J connectivity index is 1.48. The molecule has 1 saturated heterocycles. The summed E-state index contributed by atoms with van der Waals surface area (Å²) in [6.07, 6.45) is -4.07. The fourth-order valence-corrected chi connectivity index (χ4v) is 5.00. The molecule has 1 aliphatic heterocycles. The summed E-state index contributed by atoms with van der Waals surface area (Å²) in [7, 11) is -4.08. The van der Waals surface area contributed by atoms with Crippen LogP contribution < -0.4 is 10.1 Å². The van der Waals surface area contributed by atoms with Crippen molar-refractivity contribution >= 4 is 27.5 Å². The number of sulfonamides is 1. The summed E-state index contributed by atoms with van der Waals surface area (Å²) in [5.41, 5.74) is -1.02. The maximum Gasteiger partial charge on any atom is 0.416 e. The topological polar surface area (TPSA) is 75.7 Å². The zero-order valence-electron chi connectivity index (χ0n) is 16.9. The lowest BCUT2D eigenvalue weighted by Gasteiger charge is -2.30. The number of nitrogens with zero attached hydrogens (tertiary/aromatic N) is 1. The molecule has 3 rings (SSSR count). The van der Waals surface area contributed by atoms with Gasteiger partial charge in [-0.05, 0) is 55.3 Å². The van der Waals surface area contributed by atoms with Crippen molar-refractivity contribution < 1.29 is 31.1 Å². The Morgan fingerprint density at radius 1 is 1.12 bits per heavy atom. The van der Waals surface area contributed by atoms with Crippen molar-refractivity contribution in [3.63, 3.8) is 0 Å². The van der Waals surface area contributed by atoms with E-state index in [1.54, 1.807) is 24.3 Å². The highest BCUT2D eigenvalue weighted by molar-refractivity contribution is 7.89. The minimum absolute atomic E-state index is 0.0535. The molecule has 32 heavy (non-hydrogen) atoms. The van der Waals surface area contributed by atoms with Crippen molar-refractivity contribution in [1.29, 1.82) is 0 Å². The van der Waals surface area contributed by atoms with Crippen molar-refractivity contribution in [2.24, 2.45) is 5.92 Å². The number of carbonyl (C=O) groups is 1. The quantitative estimate of drug-likeness (QED) is 0.596. The van der Waals surface area contributed by atoms with E-state index in [-0.39, 0.29) is 50.9 Å². The summed E-state index contributed by atoms with van der Waals surface area (Å²) in [5, 5.41) is 3.35. The van der Waals surface area contributed by atoms with E-state index in [1.165, 1.54) is 0 Å². The number of piperidine rings is 1. The Bertz CT molecular complexity index is 1040. The van der Waals surface area contributed by atoms with Gasteiger partial charge in [0.15, 0.2) is 0 Å². The summed E-state index contributed by atoms with van der Waals surface area (Å²) in [5.74, 6) is 0.0380. The first-order valence-corrected chi connectivity index (χ1v) is 11.7.